The van der Waals surface area contributed by atoms with Crippen molar-refractivity contribution in [2.45, 2.75) is 32.2 Å². The maximum Gasteiger partial charge on any atom is 0.286 e. The summed E-state index contributed by atoms with van der Waals surface area (Å²) in [5.74, 6) is -0.261. The van der Waals surface area contributed by atoms with Crippen LogP contribution in [0, 0.1) is 6.92 Å². The first-order valence-electron chi connectivity index (χ1n) is 11.5. The summed E-state index contributed by atoms with van der Waals surface area (Å²) in [6.45, 7) is 4.55. The second-order valence-corrected chi connectivity index (χ2v) is 9.60. The Bertz CT molecular complexity index is 1210. The van der Waals surface area contributed by atoms with E-state index in [1.54, 1.807) is 29.2 Å². The summed E-state index contributed by atoms with van der Waals surface area (Å²) in [4.78, 5) is 27.5. The van der Waals surface area contributed by atoms with Crippen molar-refractivity contribution in [3.63, 3.8) is 0 Å². The molecule has 0 saturated carbocycles. The number of likely N-dealkylation sites (tertiary alicyclic amines) is 1. The molecule has 5 rings (SSSR count). The standard InChI is InChI=1S/C25H26N4O5S/c1-17-4-2-7-20(14-17)32-16-21-27-28-23(35-21)22(30)26-19-6-3-5-18(15-19)24(31)29-10-8-25(9-11-29)33-12-13-34-25/h2-7,14-15H,8-13,16H2,1H3,(H,26,30). The van der Waals surface area contributed by atoms with Crippen molar-refractivity contribution in [2.75, 3.05) is 31.6 Å². The molecule has 0 unspecified atom stereocenters. The number of hydrogen-bond acceptors (Lipinski definition) is 8. The van der Waals surface area contributed by atoms with Crippen molar-refractivity contribution >= 4 is 28.8 Å². The van der Waals surface area contributed by atoms with Gasteiger partial charge < -0.3 is 24.4 Å². The molecule has 1 aromatic heterocycles. The van der Waals surface area contributed by atoms with Crippen LogP contribution in [0.4, 0.5) is 5.69 Å². The Morgan fingerprint density at radius 3 is 2.63 bits per heavy atom. The second kappa shape index (κ2) is 10.1. The van der Waals surface area contributed by atoms with Crippen molar-refractivity contribution in [2.24, 2.45) is 0 Å². The number of benzene rings is 2. The fraction of sp³-hybridized carbons (Fsp3) is 0.360. The number of carbonyl (C=O) groups is 2. The molecule has 3 aromatic rings. The van der Waals surface area contributed by atoms with Crippen LogP contribution in [0.3, 0.4) is 0 Å². The molecule has 0 radical (unpaired) electrons. The molecule has 2 amide bonds. The third kappa shape index (κ3) is 5.50. The maximum atomic E-state index is 13.0. The van der Waals surface area contributed by atoms with Crippen LogP contribution in [-0.4, -0.2) is 59.0 Å². The lowest BCUT2D eigenvalue weighted by molar-refractivity contribution is -0.181. The summed E-state index contributed by atoms with van der Waals surface area (Å²) in [6, 6.07) is 14.6. The number of ether oxygens (including phenoxy) is 3. The van der Waals surface area contributed by atoms with Gasteiger partial charge in [-0.15, -0.1) is 10.2 Å². The summed E-state index contributed by atoms with van der Waals surface area (Å²) >= 11 is 1.17. The van der Waals surface area contributed by atoms with Gasteiger partial charge in [0.25, 0.3) is 11.8 Å². The van der Waals surface area contributed by atoms with Gasteiger partial charge in [0.2, 0.25) is 5.01 Å². The molecule has 2 fully saturated rings. The van der Waals surface area contributed by atoms with Crippen LogP contribution in [0.5, 0.6) is 5.75 Å². The molecule has 0 bridgehead atoms. The van der Waals surface area contributed by atoms with Crippen LogP contribution in [-0.2, 0) is 16.1 Å². The SMILES string of the molecule is Cc1cccc(OCc2nnc(C(=O)Nc3cccc(C(=O)N4CCC5(CC4)OCCO5)c3)s2)c1. The van der Waals surface area contributed by atoms with E-state index in [1.807, 2.05) is 31.2 Å². The van der Waals surface area contributed by atoms with E-state index < -0.39 is 5.79 Å². The highest BCUT2D eigenvalue weighted by Crippen LogP contribution is 2.32. The van der Waals surface area contributed by atoms with Crippen LogP contribution in [0.15, 0.2) is 48.5 Å². The van der Waals surface area contributed by atoms with Crippen molar-refractivity contribution in [3.05, 3.63) is 69.7 Å². The van der Waals surface area contributed by atoms with Gasteiger partial charge in [0, 0.05) is 37.2 Å². The van der Waals surface area contributed by atoms with Gasteiger partial charge in [0.05, 0.1) is 13.2 Å². The zero-order chi connectivity index (χ0) is 24.3. The minimum atomic E-state index is -0.529. The first-order chi connectivity index (χ1) is 17.0. The molecule has 0 atom stereocenters. The van der Waals surface area contributed by atoms with E-state index in [2.05, 4.69) is 15.5 Å². The second-order valence-electron chi connectivity index (χ2n) is 8.54. The molecule has 35 heavy (non-hydrogen) atoms. The minimum Gasteiger partial charge on any atom is -0.486 e. The largest absolute Gasteiger partial charge is 0.486 e. The number of amides is 2. The van der Waals surface area contributed by atoms with Crippen LogP contribution >= 0.6 is 11.3 Å². The zero-order valence-corrected chi connectivity index (χ0v) is 20.2. The Labute approximate surface area is 207 Å². The molecule has 2 saturated heterocycles. The fourth-order valence-corrected chi connectivity index (χ4v) is 4.84. The van der Waals surface area contributed by atoms with Gasteiger partial charge in [-0.25, -0.2) is 0 Å². The number of anilines is 1. The first-order valence-corrected chi connectivity index (χ1v) is 12.3. The van der Waals surface area contributed by atoms with Gasteiger partial charge in [0.1, 0.15) is 12.4 Å². The molecular formula is C25H26N4O5S. The predicted octanol–water partition coefficient (Wildman–Crippen LogP) is 3.66. The van der Waals surface area contributed by atoms with Gasteiger partial charge >= 0.3 is 0 Å². The lowest BCUT2D eigenvalue weighted by Crippen LogP contribution is -2.47. The van der Waals surface area contributed by atoms with Crippen LogP contribution in [0.2, 0.25) is 0 Å². The van der Waals surface area contributed by atoms with E-state index in [9.17, 15) is 9.59 Å². The summed E-state index contributed by atoms with van der Waals surface area (Å²) in [5.41, 5.74) is 2.13. The highest BCUT2D eigenvalue weighted by atomic mass is 32.1. The highest BCUT2D eigenvalue weighted by Gasteiger charge is 2.40. The number of piperidine rings is 1. The molecule has 2 aliphatic rings. The monoisotopic (exact) mass is 494 g/mol. The topological polar surface area (TPSA) is 103 Å². The molecule has 182 valence electrons. The Kier molecular flexibility index (Phi) is 6.76. The van der Waals surface area contributed by atoms with E-state index in [-0.39, 0.29) is 23.4 Å². The van der Waals surface area contributed by atoms with Crippen molar-refractivity contribution in [1.82, 2.24) is 15.1 Å². The molecule has 2 aromatic carbocycles. The van der Waals surface area contributed by atoms with Gasteiger partial charge in [-0.05, 0) is 42.8 Å². The third-order valence-electron chi connectivity index (χ3n) is 6.01. The number of hydrogen-bond donors (Lipinski definition) is 1. The summed E-state index contributed by atoms with van der Waals surface area (Å²) in [7, 11) is 0. The highest BCUT2D eigenvalue weighted by molar-refractivity contribution is 7.13. The maximum absolute atomic E-state index is 13.0. The number of aryl methyl sites for hydroxylation is 1. The summed E-state index contributed by atoms with van der Waals surface area (Å²) < 4.78 is 17.2. The van der Waals surface area contributed by atoms with Crippen molar-refractivity contribution in [3.8, 4) is 5.75 Å². The quantitative estimate of drug-likeness (QED) is 0.558. The van der Waals surface area contributed by atoms with E-state index in [1.165, 1.54) is 11.3 Å². The molecule has 10 heteroatoms. The third-order valence-corrected chi connectivity index (χ3v) is 6.90. The number of nitrogens with zero attached hydrogens (tertiary/aromatic N) is 3. The Morgan fingerprint density at radius 1 is 1.09 bits per heavy atom. The minimum absolute atomic E-state index is 0.0829. The van der Waals surface area contributed by atoms with E-state index in [4.69, 9.17) is 14.2 Å². The number of rotatable bonds is 6. The number of nitrogens with one attached hydrogen (secondary N) is 1. The Hall–Kier alpha value is -3.34. The molecule has 1 N–H and O–H groups in total. The first kappa shape index (κ1) is 23.4. The average molecular weight is 495 g/mol. The Balaban J connectivity index is 1.17. The van der Waals surface area contributed by atoms with E-state index in [0.717, 1.165) is 11.3 Å². The van der Waals surface area contributed by atoms with Gasteiger partial charge in [-0.3, -0.25) is 9.59 Å². The van der Waals surface area contributed by atoms with E-state index in [0.29, 0.717) is 55.4 Å². The molecule has 1 spiro atoms. The molecular weight excluding hydrogens is 468 g/mol. The number of carbonyl (C=O) groups excluding carboxylic acids is 2. The van der Waals surface area contributed by atoms with Crippen molar-refractivity contribution < 1.29 is 23.8 Å². The molecule has 3 heterocycles. The van der Waals surface area contributed by atoms with Crippen LogP contribution in [0.25, 0.3) is 0 Å². The lowest BCUT2D eigenvalue weighted by Gasteiger charge is -2.37. The zero-order valence-electron chi connectivity index (χ0n) is 19.4. The van der Waals surface area contributed by atoms with Gasteiger partial charge in [0.15, 0.2) is 10.8 Å². The van der Waals surface area contributed by atoms with Crippen LogP contribution < -0.4 is 10.1 Å². The van der Waals surface area contributed by atoms with Crippen molar-refractivity contribution in [1.29, 1.82) is 0 Å². The molecule has 9 nitrogen and oxygen atoms in total. The Morgan fingerprint density at radius 2 is 1.86 bits per heavy atom. The van der Waals surface area contributed by atoms with Gasteiger partial charge in [-0.2, -0.15) is 0 Å². The average Bonchev–Trinajstić information content (AvgIpc) is 3.53. The molecule has 0 aliphatic carbocycles. The lowest BCUT2D eigenvalue weighted by atomic mass is 10.0. The molecule has 2 aliphatic heterocycles. The van der Waals surface area contributed by atoms with Gasteiger partial charge in [-0.1, -0.05) is 29.5 Å². The van der Waals surface area contributed by atoms with E-state index >= 15 is 0 Å². The number of aromatic nitrogens is 2. The van der Waals surface area contributed by atoms with Crippen LogP contribution in [0.1, 0.15) is 43.6 Å². The smallest absolute Gasteiger partial charge is 0.286 e. The summed E-state index contributed by atoms with van der Waals surface area (Å²) in [6.07, 6.45) is 1.31. The summed E-state index contributed by atoms with van der Waals surface area (Å²) in [5, 5.41) is 11.7. The predicted molar refractivity (Wildman–Crippen MR) is 130 cm³/mol. The fourth-order valence-electron chi connectivity index (χ4n) is 4.19. The normalized spacial score (nSPS) is 16.9.